The fourth-order valence-electron chi connectivity index (χ4n) is 1.30. The number of thiophene rings is 1. The summed E-state index contributed by atoms with van der Waals surface area (Å²) in [5.41, 5.74) is 7.35. The van der Waals surface area contributed by atoms with Gasteiger partial charge in [-0.15, -0.1) is 11.3 Å². The van der Waals surface area contributed by atoms with E-state index in [2.05, 4.69) is 4.98 Å². The summed E-state index contributed by atoms with van der Waals surface area (Å²) < 4.78 is 0. The van der Waals surface area contributed by atoms with Crippen LogP contribution >= 0.6 is 34.5 Å². The van der Waals surface area contributed by atoms with Crippen molar-refractivity contribution in [3.05, 3.63) is 32.4 Å². The summed E-state index contributed by atoms with van der Waals surface area (Å²) in [4.78, 5) is 5.35. The van der Waals surface area contributed by atoms with Gasteiger partial charge in [-0.3, -0.25) is 0 Å². The molecule has 2 heterocycles. The summed E-state index contributed by atoms with van der Waals surface area (Å²) in [6.45, 7) is 2.02. The number of nitrogens with zero attached hydrogens (tertiary/aromatic N) is 1. The van der Waals surface area contributed by atoms with Crippen LogP contribution in [-0.4, -0.2) is 4.98 Å². The van der Waals surface area contributed by atoms with Gasteiger partial charge in [-0.2, -0.15) is 0 Å². The Bertz CT molecular complexity index is 508. The van der Waals surface area contributed by atoms with E-state index >= 15 is 0 Å². The Kier molecular flexibility index (Phi) is 2.87. The lowest BCUT2D eigenvalue weighted by Crippen LogP contribution is -1.94. The van der Waals surface area contributed by atoms with Crippen LogP contribution in [0.5, 0.6) is 0 Å². The number of nitrogen functional groups attached to an aromatic ring is 1. The molecule has 2 N–H and O–H groups in total. The Morgan fingerprint density at radius 3 is 2.67 bits per heavy atom. The fraction of sp³-hybridized carbons (Fsp3) is 0.100. The predicted octanol–water partition coefficient (Wildman–Crippen LogP) is 4.01. The molecule has 2 nitrogen and oxygen atoms in total. The first-order valence-electron chi connectivity index (χ1n) is 4.25. The lowest BCUT2D eigenvalue weighted by atomic mass is 10.2. The summed E-state index contributed by atoms with van der Waals surface area (Å²) in [5.74, 6) is 0.307. The average Bonchev–Trinajstić information content (AvgIpc) is 2.58. The third-order valence-electron chi connectivity index (χ3n) is 2.07. The van der Waals surface area contributed by atoms with Gasteiger partial charge in [-0.05, 0) is 24.4 Å². The second-order valence-electron chi connectivity index (χ2n) is 3.08. The molecule has 0 fully saturated rings. The molecule has 0 aliphatic heterocycles. The summed E-state index contributed by atoms with van der Waals surface area (Å²) in [5, 5.41) is 2.90. The van der Waals surface area contributed by atoms with Crippen LogP contribution in [0.4, 0.5) is 5.82 Å². The van der Waals surface area contributed by atoms with Crippen molar-refractivity contribution in [2.75, 3.05) is 5.73 Å². The summed E-state index contributed by atoms with van der Waals surface area (Å²) in [6.07, 6.45) is 0. The van der Waals surface area contributed by atoms with E-state index in [-0.39, 0.29) is 0 Å². The van der Waals surface area contributed by atoms with Crippen LogP contribution in [0.2, 0.25) is 10.0 Å². The molecule has 0 atom stereocenters. The molecule has 0 aromatic carbocycles. The van der Waals surface area contributed by atoms with Gasteiger partial charge in [-0.1, -0.05) is 23.2 Å². The average molecular weight is 259 g/mol. The third kappa shape index (κ3) is 1.95. The number of halogens is 2. The van der Waals surface area contributed by atoms with Crippen LogP contribution < -0.4 is 5.73 Å². The molecule has 0 spiro atoms. The van der Waals surface area contributed by atoms with Gasteiger partial charge in [0.05, 0.1) is 15.7 Å². The van der Waals surface area contributed by atoms with Crippen molar-refractivity contribution in [1.82, 2.24) is 4.98 Å². The topological polar surface area (TPSA) is 38.9 Å². The first-order chi connectivity index (χ1) is 7.09. The lowest BCUT2D eigenvalue weighted by Gasteiger charge is -2.05. The molecule has 5 heteroatoms. The van der Waals surface area contributed by atoms with E-state index in [1.807, 2.05) is 18.4 Å². The van der Waals surface area contributed by atoms with Crippen molar-refractivity contribution in [1.29, 1.82) is 0 Å². The minimum Gasteiger partial charge on any atom is -0.382 e. The standard InChI is InChI=1S/C10H8Cl2N2S/c1-5-6(2-3-15-5)9-7(11)4-8(12)10(13)14-9/h2-4H,1H3,(H2,13,14). The maximum Gasteiger partial charge on any atom is 0.143 e. The lowest BCUT2D eigenvalue weighted by molar-refractivity contribution is 1.33. The Morgan fingerprint density at radius 2 is 2.07 bits per heavy atom. The van der Waals surface area contributed by atoms with Crippen LogP contribution in [-0.2, 0) is 0 Å². The van der Waals surface area contributed by atoms with Crippen molar-refractivity contribution >= 4 is 40.4 Å². The Labute approximate surface area is 102 Å². The quantitative estimate of drug-likeness (QED) is 0.840. The van der Waals surface area contributed by atoms with Crippen molar-refractivity contribution in [2.24, 2.45) is 0 Å². The van der Waals surface area contributed by atoms with Crippen molar-refractivity contribution < 1.29 is 0 Å². The van der Waals surface area contributed by atoms with Gasteiger partial charge in [0.1, 0.15) is 5.82 Å². The second kappa shape index (κ2) is 4.00. The summed E-state index contributed by atoms with van der Waals surface area (Å²) in [6, 6.07) is 3.60. The van der Waals surface area contributed by atoms with Crippen LogP contribution in [0.3, 0.4) is 0 Å². The molecule has 0 aliphatic carbocycles. The van der Waals surface area contributed by atoms with Gasteiger partial charge >= 0.3 is 0 Å². The molecule has 78 valence electrons. The molecule has 0 bridgehead atoms. The van der Waals surface area contributed by atoms with Crippen molar-refractivity contribution in [3.8, 4) is 11.3 Å². The number of pyridine rings is 1. The van der Waals surface area contributed by atoms with Gasteiger partial charge < -0.3 is 5.73 Å². The molecule has 0 radical (unpaired) electrons. The molecule has 2 aromatic heterocycles. The molecule has 0 amide bonds. The molecule has 0 aliphatic rings. The molecule has 2 aromatic rings. The molecule has 2 rings (SSSR count). The number of aryl methyl sites for hydroxylation is 1. The maximum absolute atomic E-state index is 6.07. The number of hydrogen-bond donors (Lipinski definition) is 1. The van der Waals surface area contributed by atoms with Crippen LogP contribution in [0.1, 0.15) is 4.88 Å². The van der Waals surface area contributed by atoms with Crippen LogP contribution in [0, 0.1) is 6.92 Å². The Morgan fingerprint density at radius 1 is 1.33 bits per heavy atom. The van der Waals surface area contributed by atoms with E-state index in [1.54, 1.807) is 17.4 Å². The molecule has 0 saturated carbocycles. The van der Waals surface area contributed by atoms with E-state index < -0.39 is 0 Å². The summed E-state index contributed by atoms with van der Waals surface area (Å²) >= 11 is 13.5. The number of anilines is 1. The highest BCUT2D eigenvalue weighted by atomic mass is 35.5. The van der Waals surface area contributed by atoms with Gasteiger partial charge in [0, 0.05) is 10.4 Å². The summed E-state index contributed by atoms with van der Waals surface area (Å²) in [7, 11) is 0. The number of hydrogen-bond acceptors (Lipinski definition) is 3. The normalized spacial score (nSPS) is 10.6. The molecule has 15 heavy (non-hydrogen) atoms. The van der Waals surface area contributed by atoms with Crippen LogP contribution in [0.15, 0.2) is 17.5 Å². The number of rotatable bonds is 1. The molecule has 0 saturated heterocycles. The van der Waals surface area contributed by atoms with Crippen molar-refractivity contribution in [3.63, 3.8) is 0 Å². The minimum absolute atomic E-state index is 0.307. The van der Waals surface area contributed by atoms with Crippen molar-refractivity contribution in [2.45, 2.75) is 6.92 Å². The smallest absolute Gasteiger partial charge is 0.143 e. The first kappa shape index (κ1) is 10.7. The Hall–Kier alpha value is -0.770. The zero-order valence-electron chi connectivity index (χ0n) is 7.92. The van der Waals surface area contributed by atoms with Crippen LogP contribution in [0.25, 0.3) is 11.3 Å². The molecule has 0 unspecified atom stereocenters. The molecular formula is C10H8Cl2N2S. The van der Waals surface area contributed by atoms with E-state index in [1.165, 1.54) is 0 Å². The zero-order valence-corrected chi connectivity index (χ0v) is 10.2. The largest absolute Gasteiger partial charge is 0.382 e. The predicted molar refractivity (Wildman–Crippen MR) is 66.7 cm³/mol. The van der Waals surface area contributed by atoms with Gasteiger partial charge in [0.2, 0.25) is 0 Å². The van der Waals surface area contributed by atoms with Gasteiger partial charge in [-0.25, -0.2) is 4.98 Å². The SMILES string of the molecule is Cc1sccc1-c1nc(N)c(Cl)cc1Cl. The number of nitrogens with two attached hydrogens (primary N) is 1. The second-order valence-corrected chi connectivity index (χ2v) is 5.01. The first-order valence-corrected chi connectivity index (χ1v) is 5.89. The van der Waals surface area contributed by atoms with Gasteiger partial charge in [0.15, 0.2) is 0 Å². The van der Waals surface area contributed by atoms with E-state index in [0.717, 1.165) is 10.4 Å². The zero-order chi connectivity index (χ0) is 11.0. The number of aromatic nitrogens is 1. The van der Waals surface area contributed by atoms with E-state index in [9.17, 15) is 0 Å². The minimum atomic E-state index is 0.307. The van der Waals surface area contributed by atoms with E-state index in [4.69, 9.17) is 28.9 Å². The molecular weight excluding hydrogens is 251 g/mol. The highest BCUT2D eigenvalue weighted by Crippen LogP contribution is 2.34. The van der Waals surface area contributed by atoms with E-state index in [0.29, 0.717) is 21.6 Å². The highest BCUT2D eigenvalue weighted by molar-refractivity contribution is 7.10. The monoisotopic (exact) mass is 258 g/mol. The fourth-order valence-corrected chi connectivity index (χ4v) is 2.46. The highest BCUT2D eigenvalue weighted by Gasteiger charge is 2.11. The maximum atomic E-state index is 6.07. The third-order valence-corrected chi connectivity index (χ3v) is 3.51. The van der Waals surface area contributed by atoms with Gasteiger partial charge in [0.25, 0.3) is 0 Å². The Balaban J connectivity index is 2.64.